The molecule has 1 saturated heterocycles. The van der Waals surface area contributed by atoms with Crippen LogP contribution in [0.1, 0.15) is 36.7 Å². The van der Waals surface area contributed by atoms with E-state index in [1.54, 1.807) is 74.0 Å². The highest BCUT2D eigenvalue weighted by molar-refractivity contribution is 9.10. The number of anilines is 1. The van der Waals surface area contributed by atoms with Crippen molar-refractivity contribution in [3.8, 4) is 28.7 Å². The van der Waals surface area contributed by atoms with Crippen LogP contribution in [0.15, 0.2) is 100 Å². The minimum Gasteiger partial charge on any atom is -0.493 e. The average molecular weight is 767 g/mol. The highest BCUT2D eigenvalue weighted by Gasteiger charge is 2.20. The molecule has 6 aromatic rings. The zero-order valence-corrected chi connectivity index (χ0v) is 30.4. The number of halogens is 2. The number of methoxy groups -OCH3 is 1. The smallest absolute Gasteiger partial charge is 0.279 e. The molecule has 3 heterocycles. The second-order valence-electron chi connectivity index (χ2n) is 12.8. The Hall–Kier alpha value is -5.33. The lowest BCUT2D eigenvalue weighted by atomic mass is 9.99. The van der Waals surface area contributed by atoms with Gasteiger partial charge >= 0.3 is 0 Å². The molecule has 10 nitrogen and oxygen atoms in total. The van der Waals surface area contributed by atoms with E-state index in [4.69, 9.17) is 14.2 Å². The molecule has 0 spiro atoms. The number of carbonyl (C=O) groups excluding carboxylic acids is 1. The van der Waals surface area contributed by atoms with Gasteiger partial charge in [0.2, 0.25) is 0 Å². The van der Waals surface area contributed by atoms with Gasteiger partial charge in [0, 0.05) is 45.8 Å². The van der Waals surface area contributed by atoms with Crippen molar-refractivity contribution in [1.82, 2.24) is 19.7 Å². The minimum atomic E-state index is -0.700. The molecule has 0 radical (unpaired) electrons. The normalized spacial score (nSPS) is 13.7. The van der Waals surface area contributed by atoms with Crippen LogP contribution in [0.4, 0.5) is 10.1 Å². The Morgan fingerprint density at radius 3 is 2.46 bits per heavy atom. The summed E-state index contributed by atoms with van der Waals surface area (Å²) in [7, 11) is 1.57. The molecule has 1 fully saturated rings. The van der Waals surface area contributed by atoms with Gasteiger partial charge in [-0.1, -0.05) is 37.3 Å². The summed E-state index contributed by atoms with van der Waals surface area (Å²) < 4.78 is 35.2. The van der Waals surface area contributed by atoms with Crippen LogP contribution in [0.3, 0.4) is 0 Å². The summed E-state index contributed by atoms with van der Waals surface area (Å²) in [5.74, 6) is 0.893. The first-order valence-corrected chi connectivity index (χ1v) is 18.0. The van der Waals surface area contributed by atoms with Crippen LogP contribution >= 0.6 is 15.9 Å². The maximum Gasteiger partial charge on any atom is 0.279 e. The quantitative estimate of drug-likeness (QED) is 0.131. The number of ether oxygens (including phenoxy) is 3. The second kappa shape index (κ2) is 15.5. The van der Waals surface area contributed by atoms with E-state index in [9.17, 15) is 9.59 Å². The summed E-state index contributed by atoms with van der Waals surface area (Å²) in [5, 5.41) is 8.45. The highest BCUT2D eigenvalue weighted by atomic mass is 79.9. The van der Waals surface area contributed by atoms with Gasteiger partial charge in [-0.2, -0.15) is 9.78 Å². The van der Waals surface area contributed by atoms with Gasteiger partial charge in [0.05, 0.1) is 30.3 Å². The van der Waals surface area contributed by atoms with Crippen LogP contribution < -0.4 is 25.1 Å². The zero-order valence-electron chi connectivity index (χ0n) is 28.8. The first-order valence-electron chi connectivity index (χ1n) is 17.2. The summed E-state index contributed by atoms with van der Waals surface area (Å²) in [6, 6.07) is 23.2. The molecular weight excluding hydrogens is 729 g/mol. The molecule has 0 atom stereocenters. The third kappa shape index (κ3) is 7.49. The number of carbonyl (C=O) groups is 1. The van der Waals surface area contributed by atoms with Gasteiger partial charge in [-0.25, -0.2) is 4.39 Å². The van der Waals surface area contributed by atoms with E-state index in [0.29, 0.717) is 55.7 Å². The monoisotopic (exact) mass is 765 g/mol. The van der Waals surface area contributed by atoms with E-state index in [0.717, 1.165) is 32.0 Å². The third-order valence-corrected chi connectivity index (χ3v) is 9.92. The van der Waals surface area contributed by atoms with Gasteiger partial charge in [-0.05, 0) is 96.7 Å². The largest absolute Gasteiger partial charge is 0.493 e. The number of piperidine rings is 1. The van der Waals surface area contributed by atoms with Crippen molar-refractivity contribution in [2.45, 2.75) is 26.2 Å². The van der Waals surface area contributed by atoms with Crippen molar-refractivity contribution < 1.29 is 23.4 Å². The molecule has 1 aliphatic heterocycles. The number of rotatable bonds is 11. The van der Waals surface area contributed by atoms with E-state index < -0.39 is 11.7 Å². The Bertz CT molecular complexity index is 2330. The molecule has 1 N–H and O–H groups in total. The van der Waals surface area contributed by atoms with E-state index in [-0.39, 0.29) is 22.7 Å². The first-order chi connectivity index (χ1) is 25.3. The van der Waals surface area contributed by atoms with Gasteiger partial charge < -0.3 is 24.4 Å². The van der Waals surface area contributed by atoms with E-state index in [1.807, 2.05) is 6.07 Å². The summed E-state index contributed by atoms with van der Waals surface area (Å²) in [5.41, 5.74) is 0.879. The molecule has 0 unspecified atom stereocenters. The third-order valence-electron chi connectivity index (χ3n) is 9.25. The number of hydrogen-bond acceptors (Lipinski definition) is 8. The zero-order chi connectivity index (χ0) is 36.2. The van der Waals surface area contributed by atoms with Gasteiger partial charge in [0.15, 0.2) is 28.8 Å². The van der Waals surface area contributed by atoms with Gasteiger partial charge in [0.1, 0.15) is 5.75 Å². The molecule has 1 aliphatic rings. The average Bonchev–Trinajstić information content (AvgIpc) is 3.15. The van der Waals surface area contributed by atoms with Gasteiger partial charge in [-0.3, -0.25) is 14.6 Å². The van der Waals surface area contributed by atoms with Gasteiger partial charge in [-0.15, -0.1) is 0 Å². The molecule has 266 valence electrons. The van der Waals surface area contributed by atoms with E-state index >= 15 is 4.39 Å². The number of para-hydroxylation sites is 1. The summed E-state index contributed by atoms with van der Waals surface area (Å²) in [4.78, 5) is 33.9. The molecule has 52 heavy (non-hydrogen) atoms. The Morgan fingerprint density at radius 2 is 1.69 bits per heavy atom. The van der Waals surface area contributed by atoms with Crippen molar-refractivity contribution in [2.24, 2.45) is 5.92 Å². The van der Waals surface area contributed by atoms with Crippen molar-refractivity contribution in [3.63, 3.8) is 0 Å². The molecule has 4 aromatic carbocycles. The first kappa shape index (κ1) is 35.1. The predicted octanol–water partition coefficient (Wildman–Crippen LogP) is 8.39. The number of aromatic nitrogens is 3. The lowest BCUT2D eigenvalue weighted by molar-refractivity contribution is 0.102. The Kier molecular flexibility index (Phi) is 10.5. The Morgan fingerprint density at radius 1 is 0.923 bits per heavy atom. The van der Waals surface area contributed by atoms with Crippen molar-refractivity contribution >= 4 is 49.2 Å². The Balaban J connectivity index is 1.08. The van der Waals surface area contributed by atoms with E-state index in [1.165, 1.54) is 35.7 Å². The number of amides is 1. The van der Waals surface area contributed by atoms with Crippen molar-refractivity contribution in [1.29, 1.82) is 0 Å². The molecule has 2 aromatic heterocycles. The summed E-state index contributed by atoms with van der Waals surface area (Å²) in [6.07, 6.45) is 4.96. The number of likely N-dealkylation sites (tertiary alicyclic amines) is 1. The van der Waals surface area contributed by atoms with Crippen LogP contribution in [0.2, 0.25) is 0 Å². The predicted molar refractivity (Wildman–Crippen MR) is 203 cm³/mol. The molecule has 7 rings (SSSR count). The van der Waals surface area contributed by atoms with Crippen LogP contribution in [-0.2, 0) is 0 Å². The standard InChI is InChI=1S/C40H37BrFN5O5/c1-25-15-19-46(20-16-25)18-7-21-51-37-24-32-29(23-36(37)50-2)34(14-17-43-32)52-35-13-12-26(22-31(35)42)44-39(48)38-27-8-3-4-9-28(27)40(49)47(45-38)33-11-6-5-10-30(33)41/h3-6,8-14,17,22-25H,7,15-16,18-21H2,1-2H3,(H,44,48). The number of benzene rings is 4. The molecule has 12 heteroatoms. The van der Waals surface area contributed by atoms with Crippen LogP contribution in [0.25, 0.3) is 27.4 Å². The molecular formula is C40H37BrFN5O5. The fraction of sp³-hybridized carbons (Fsp3) is 0.250. The minimum absolute atomic E-state index is 0.00361. The van der Waals surface area contributed by atoms with E-state index in [2.05, 4.69) is 43.2 Å². The fourth-order valence-electron chi connectivity index (χ4n) is 6.36. The second-order valence-corrected chi connectivity index (χ2v) is 13.7. The van der Waals surface area contributed by atoms with Crippen molar-refractivity contribution in [2.75, 3.05) is 38.7 Å². The van der Waals surface area contributed by atoms with Gasteiger partial charge in [0.25, 0.3) is 11.5 Å². The topological polar surface area (TPSA) is 108 Å². The van der Waals surface area contributed by atoms with Crippen LogP contribution in [0, 0.1) is 11.7 Å². The number of fused-ring (bicyclic) bond motifs is 2. The number of nitrogens with one attached hydrogen (secondary N) is 1. The molecule has 1 amide bonds. The SMILES string of the molecule is COc1cc2c(Oc3ccc(NC(=O)c4nn(-c5ccccc5Br)c(=O)c5ccccc45)cc3F)ccnc2cc1OCCCN1CCC(C)CC1. The summed E-state index contributed by atoms with van der Waals surface area (Å²) >= 11 is 3.46. The fourth-order valence-corrected chi connectivity index (χ4v) is 6.81. The lowest BCUT2D eigenvalue weighted by Gasteiger charge is -2.30. The molecule has 0 aliphatic carbocycles. The molecule has 0 bridgehead atoms. The number of pyridine rings is 1. The maximum absolute atomic E-state index is 15.6. The maximum atomic E-state index is 15.6. The lowest BCUT2D eigenvalue weighted by Crippen LogP contribution is -2.34. The number of hydrogen-bond donors (Lipinski definition) is 1. The Labute approximate surface area is 308 Å². The summed E-state index contributed by atoms with van der Waals surface area (Å²) in [6.45, 7) is 6.10. The van der Waals surface area contributed by atoms with Crippen LogP contribution in [0.5, 0.6) is 23.0 Å². The highest BCUT2D eigenvalue weighted by Crippen LogP contribution is 2.38. The van der Waals surface area contributed by atoms with Crippen molar-refractivity contribution in [3.05, 3.63) is 117 Å². The number of nitrogens with zero attached hydrogens (tertiary/aromatic N) is 4. The molecule has 0 saturated carbocycles. The van der Waals surface area contributed by atoms with Crippen LogP contribution in [-0.4, -0.2) is 58.9 Å².